The number of methoxy groups -OCH3 is 1. The van der Waals surface area contributed by atoms with E-state index >= 15 is 0 Å². The van der Waals surface area contributed by atoms with Crippen LogP contribution in [-0.4, -0.2) is 48.7 Å². The number of fused-ring (bicyclic) bond motifs is 1. The SMILES string of the molecule is COc1cc(N2COc3cc(OC(C)C4CC4)ncc3C2=O)ccc1OC[C@H](O)C1CC1. The van der Waals surface area contributed by atoms with Crippen molar-refractivity contribution in [2.75, 3.05) is 25.3 Å². The molecule has 2 atom stereocenters. The molecule has 32 heavy (non-hydrogen) atoms. The van der Waals surface area contributed by atoms with Crippen molar-refractivity contribution in [1.82, 2.24) is 4.98 Å². The number of pyridine rings is 1. The van der Waals surface area contributed by atoms with E-state index in [1.807, 2.05) is 6.92 Å². The number of aromatic nitrogens is 1. The molecule has 2 saturated carbocycles. The second-order valence-electron chi connectivity index (χ2n) is 8.74. The van der Waals surface area contributed by atoms with E-state index in [2.05, 4.69) is 4.98 Å². The predicted molar refractivity (Wildman–Crippen MR) is 117 cm³/mol. The van der Waals surface area contributed by atoms with Crippen LogP contribution < -0.4 is 23.8 Å². The Kier molecular flexibility index (Phi) is 5.55. The maximum Gasteiger partial charge on any atom is 0.266 e. The Hall–Kier alpha value is -3.00. The number of ether oxygens (including phenoxy) is 4. The van der Waals surface area contributed by atoms with Crippen LogP contribution in [0.15, 0.2) is 30.5 Å². The molecule has 1 amide bonds. The lowest BCUT2D eigenvalue weighted by Gasteiger charge is -2.29. The van der Waals surface area contributed by atoms with Crippen LogP contribution >= 0.6 is 0 Å². The standard InChI is InChI=1S/C24H28N2O6/c1-14(15-3-4-15)32-23-10-21-18(11-25-23)24(28)26(13-31-21)17-7-8-20(22(9-17)29-2)30-12-19(27)16-5-6-16/h7-11,14-16,19,27H,3-6,12-13H2,1-2H3/t14?,19-/m0/s1. The molecule has 1 aliphatic heterocycles. The van der Waals surface area contributed by atoms with E-state index in [1.165, 1.54) is 23.9 Å². The minimum absolute atomic E-state index is 0.0667. The Labute approximate surface area is 187 Å². The van der Waals surface area contributed by atoms with Crippen molar-refractivity contribution >= 4 is 11.6 Å². The summed E-state index contributed by atoms with van der Waals surface area (Å²) in [5, 5.41) is 10.0. The first-order chi connectivity index (χ1) is 15.5. The topological polar surface area (TPSA) is 90.4 Å². The average Bonchev–Trinajstić information content (AvgIpc) is 3.70. The first-order valence-corrected chi connectivity index (χ1v) is 11.1. The van der Waals surface area contributed by atoms with E-state index < -0.39 is 6.10 Å². The normalized spacial score (nSPS) is 19.6. The lowest BCUT2D eigenvalue weighted by Crippen LogP contribution is -2.38. The van der Waals surface area contributed by atoms with Gasteiger partial charge in [0.1, 0.15) is 24.0 Å². The summed E-state index contributed by atoms with van der Waals surface area (Å²) in [4.78, 5) is 18.9. The van der Waals surface area contributed by atoms with E-state index in [4.69, 9.17) is 18.9 Å². The van der Waals surface area contributed by atoms with Crippen LogP contribution in [-0.2, 0) is 0 Å². The van der Waals surface area contributed by atoms with Gasteiger partial charge in [-0.3, -0.25) is 9.69 Å². The van der Waals surface area contributed by atoms with Crippen molar-refractivity contribution in [1.29, 1.82) is 0 Å². The Balaban J connectivity index is 1.29. The van der Waals surface area contributed by atoms with Gasteiger partial charge in [-0.05, 0) is 56.6 Å². The van der Waals surface area contributed by atoms with Gasteiger partial charge in [0.25, 0.3) is 5.91 Å². The van der Waals surface area contributed by atoms with E-state index in [-0.39, 0.29) is 25.3 Å². The van der Waals surface area contributed by atoms with Crippen LogP contribution in [0.5, 0.6) is 23.1 Å². The van der Waals surface area contributed by atoms with Crippen LogP contribution in [0, 0.1) is 11.8 Å². The number of aliphatic hydroxyl groups is 1. The number of benzene rings is 1. The third kappa shape index (κ3) is 4.32. The van der Waals surface area contributed by atoms with Gasteiger partial charge in [-0.25, -0.2) is 4.98 Å². The van der Waals surface area contributed by atoms with E-state index in [9.17, 15) is 9.90 Å². The highest BCUT2D eigenvalue weighted by molar-refractivity contribution is 6.08. The molecule has 8 nitrogen and oxygen atoms in total. The maximum atomic E-state index is 13.1. The summed E-state index contributed by atoms with van der Waals surface area (Å²) < 4.78 is 22.9. The van der Waals surface area contributed by atoms with Crippen LogP contribution in [0.3, 0.4) is 0 Å². The van der Waals surface area contributed by atoms with Crippen molar-refractivity contribution < 1.29 is 28.8 Å². The average molecular weight is 440 g/mol. The first kappa shape index (κ1) is 20.9. The van der Waals surface area contributed by atoms with Gasteiger partial charge in [0.05, 0.1) is 18.9 Å². The molecule has 0 saturated heterocycles. The molecule has 1 N–H and O–H groups in total. The number of rotatable bonds is 9. The minimum Gasteiger partial charge on any atom is -0.493 e. The van der Waals surface area contributed by atoms with Crippen LogP contribution in [0.2, 0.25) is 0 Å². The molecule has 0 radical (unpaired) electrons. The van der Waals surface area contributed by atoms with Gasteiger partial charge < -0.3 is 24.1 Å². The molecule has 170 valence electrons. The molecule has 2 aliphatic carbocycles. The predicted octanol–water partition coefficient (Wildman–Crippen LogP) is 3.41. The van der Waals surface area contributed by atoms with Gasteiger partial charge in [0.15, 0.2) is 18.2 Å². The molecule has 1 aromatic carbocycles. The number of aliphatic hydroxyl groups excluding tert-OH is 1. The maximum absolute atomic E-state index is 13.1. The highest BCUT2D eigenvalue weighted by Crippen LogP contribution is 2.38. The summed E-state index contributed by atoms with van der Waals surface area (Å²) in [5.41, 5.74) is 1.00. The highest BCUT2D eigenvalue weighted by Gasteiger charge is 2.32. The van der Waals surface area contributed by atoms with Gasteiger partial charge in [0, 0.05) is 18.3 Å². The molecule has 2 fully saturated rings. The van der Waals surface area contributed by atoms with Crippen molar-refractivity contribution in [2.45, 2.75) is 44.8 Å². The van der Waals surface area contributed by atoms with Crippen LogP contribution in [0.4, 0.5) is 5.69 Å². The number of nitrogens with zero attached hydrogens (tertiary/aromatic N) is 2. The van der Waals surface area contributed by atoms with Gasteiger partial charge in [-0.15, -0.1) is 0 Å². The van der Waals surface area contributed by atoms with Gasteiger partial charge in [-0.1, -0.05) is 0 Å². The lowest BCUT2D eigenvalue weighted by molar-refractivity contribution is 0.0879. The zero-order valence-electron chi connectivity index (χ0n) is 18.3. The third-order valence-electron chi connectivity index (χ3n) is 6.29. The quantitative estimate of drug-likeness (QED) is 0.639. The summed E-state index contributed by atoms with van der Waals surface area (Å²) in [7, 11) is 1.54. The molecule has 0 spiro atoms. The Morgan fingerprint density at radius 2 is 1.97 bits per heavy atom. The summed E-state index contributed by atoms with van der Waals surface area (Å²) in [5.74, 6) is 2.67. The molecular weight excluding hydrogens is 412 g/mol. The van der Waals surface area contributed by atoms with E-state index in [0.29, 0.717) is 46.2 Å². The number of anilines is 1. The molecule has 5 rings (SSSR count). The highest BCUT2D eigenvalue weighted by atomic mass is 16.5. The Morgan fingerprint density at radius 3 is 2.69 bits per heavy atom. The molecule has 1 unspecified atom stereocenters. The van der Waals surface area contributed by atoms with Gasteiger partial charge >= 0.3 is 0 Å². The summed E-state index contributed by atoms with van der Waals surface area (Å²) in [6, 6.07) is 6.93. The molecule has 1 aromatic heterocycles. The number of hydrogen-bond donors (Lipinski definition) is 1. The number of carbonyl (C=O) groups excluding carboxylic acids is 1. The number of hydrogen-bond acceptors (Lipinski definition) is 7. The summed E-state index contributed by atoms with van der Waals surface area (Å²) in [6.45, 7) is 2.33. The zero-order chi connectivity index (χ0) is 22.2. The first-order valence-electron chi connectivity index (χ1n) is 11.1. The summed E-state index contributed by atoms with van der Waals surface area (Å²) in [6.07, 6.45) is 5.60. The number of carbonyl (C=O) groups is 1. The molecule has 2 aromatic rings. The smallest absolute Gasteiger partial charge is 0.266 e. The largest absolute Gasteiger partial charge is 0.493 e. The monoisotopic (exact) mass is 440 g/mol. The fraction of sp³-hybridized carbons (Fsp3) is 0.500. The van der Waals surface area contributed by atoms with E-state index in [0.717, 1.165) is 12.8 Å². The molecule has 8 heteroatoms. The second kappa shape index (κ2) is 8.50. The van der Waals surface area contributed by atoms with Crippen molar-refractivity contribution in [3.05, 3.63) is 36.0 Å². The Morgan fingerprint density at radius 1 is 1.19 bits per heavy atom. The zero-order valence-corrected chi connectivity index (χ0v) is 18.3. The Bertz CT molecular complexity index is 1000. The fourth-order valence-electron chi connectivity index (χ4n) is 3.88. The molecule has 2 heterocycles. The van der Waals surface area contributed by atoms with Crippen molar-refractivity contribution in [2.24, 2.45) is 11.8 Å². The minimum atomic E-state index is -0.471. The van der Waals surface area contributed by atoms with Gasteiger partial charge in [-0.2, -0.15) is 0 Å². The lowest BCUT2D eigenvalue weighted by atomic mass is 10.1. The fourth-order valence-corrected chi connectivity index (χ4v) is 3.88. The summed E-state index contributed by atoms with van der Waals surface area (Å²) >= 11 is 0. The van der Waals surface area contributed by atoms with E-state index in [1.54, 1.807) is 31.4 Å². The number of amides is 1. The van der Waals surface area contributed by atoms with Crippen LogP contribution in [0.25, 0.3) is 0 Å². The van der Waals surface area contributed by atoms with Crippen LogP contribution in [0.1, 0.15) is 43.0 Å². The third-order valence-corrected chi connectivity index (χ3v) is 6.29. The molecule has 3 aliphatic rings. The molecular formula is C24H28N2O6. The van der Waals surface area contributed by atoms with Crippen molar-refractivity contribution in [3.8, 4) is 23.1 Å². The van der Waals surface area contributed by atoms with Crippen molar-refractivity contribution in [3.63, 3.8) is 0 Å². The van der Waals surface area contributed by atoms with Gasteiger partial charge in [0.2, 0.25) is 5.88 Å². The molecule has 0 bridgehead atoms. The second-order valence-corrected chi connectivity index (χ2v) is 8.74.